The van der Waals surface area contributed by atoms with Gasteiger partial charge in [0.25, 0.3) is 5.56 Å². The molecule has 2 heterocycles. The zero-order valence-electron chi connectivity index (χ0n) is 12.2. The molecule has 114 valence electrons. The third-order valence-corrected chi connectivity index (χ3v) is 3.55. The standard InChI is InChI=1S/C16H18N4O2/c21-9-3-4-12-10-20(11-17-12)8-7-15-18-14-6-2-1-5-13(14)16(22)19-15/h1-2,5-6,10-11,21H,3-4,7-9H2,(H,18,19,22). The summed E-state index contributed by atoms with van der Waals surface area (Å²) in [5, 5.41) is 9.43. The lowest BCUT2D eigenvalue weighted by atomic mass is 10.2. The molecule has 3 aromatic rings. The Balaban J connectivity index is 1.71. The van der Waals surface area contributed by atoms with Gasteiger partial charge in [-0.3, -0.25) is 4.79 Å². The predicted octanol–water partition coefficient (Wildman–Crippen LogP) is 1.29. The number of benzene rings is 1. The Labute approximate surface area is 127 Å². The lowest BCUT2D eigenvalue weighted by Crippen LogP contribution is -2.13. The zero-order valence-corrected chi connectivity index (χ0v) is 12.2. The molecule has 0 saturated heterocycles. The number of hydrogen-bond acceptors (Lipinski definition) is 4. The van der Waals surface area contributed by atoms with Crippen LogP contribution >= 0.6 is 0 Å². The molecule has 22 heavy (non-hydrogen) atoms. The Kier molecular flexibility index (Phi) is 4.29. The van der Waals surface area contributed by atoms with Crippen molar-refractivity contribution in [2.75, 3.05) is 6.61 Å². The van der Waals surface area contributed by atoms with Crippen molar-refractivity contribution in [3.63, 3.8) is 0 Å². The van der Waals surface area contributed by atoms with E-state index in [4.69, 9.17) is 5.11 Å². The monoisotopic (exact) mass is 298 g/mol. The molecule has 6 nitrogen and oxygen atoms in total. The molecule has 0 bridgehead atoms. The predicted molar refractivity (Wildman–Crippen MR) is 83.7 cm³/mol. The minimum Gasteiger partial charge on any atom is -0.396 e. The third kappa shape index (κ3) is 3.23. The molecule has 0 radical (unpaired) electrons. The Bertz CT molecular complexity index is 822. The van der Waals surface area contributed by atoms with E-state index >= 15 is 0 Å². The first kappa shape index (κ1) is 14.5. The van der Waals surface area contributed by atoms with E-state index in [2.05, 4.69) is 15.0 Å². The first-order chi connectivity index (χ1) is 10.8. The van der Waals surface area contributed by atoms with E-state index in [1.165, 1.54) is 0 Å². The first-order valence-electron chi connectivity index (χ1n) is 7.36. The van der Waals surface area contributed by atoms with Crippen LogP contribution in [0.25, 0.3) is 10.9 Å². The Morgan fingerprint density at radius 1 is 1.23 bits per heavy atom. The molecular formula is C16H18N4O2. The van der Waals surface area contributed by atoms with Gasteiger partial charge in [0.1, 0.15) is 5.82 Å². The van der Waals surface area contributed by atoms with Gasteiger partial charge in [-0.25, -0.2) is 9.97 Å². The van der Waals surface area contributed by atoms with Gasteiger partial charge in [0.05, 0.1) is 22.9 Å². The highest BCUT2D eigenvalue weighted by molar-refractivity contribution is 5.77. The summed E-state index contributed by atoms with van der Waals surface area (Å²) < 4.78 is 1.97. The van der Waals surface area contributed by atoms with Crippen LogP contribution in [0.1, 0.15) is 17.9 Å². The molecule has 3 rings (SSSR count). The summed E-state index contributed by atoms with van der Waals surface area (Å²) in [6.45, 7) is 0.877. The van der Waals surface area contributed by atoms with Crippen LogP contribution in [-0.2, 0) is 19.4 Å². The second-order valence-corrected chi connectivity index (χ2v) is 5.21. The zero-order chi connectivity index (χ0) is 15.4. The van der Waals surface area contributed by atoms with Crippen molar-refractivity contribution in [3.8, 4) is 0 Å². The summed E-state index contributed by atoms with van der Waals surface area (Å²) in [5.41, 5.74) is 1.58. The second kappa shape index (κ2) is 6.53. The number of para-hydroxylation sites is 1. The van der Waals surface area contributed by atoms with E-state index in [1.807, 2.05) is 29.0 Å². The van der Waals surface area contributed by atoms with Crippen molar-refractivity contribution in [1.82, 2.24) is 19.5 Å². The van der Waals surface area contributed by atoms with Gasteiger partial charge < -0.3 is 14.7 Å². The second-order valence-electron chi connectivity index (χ2n) is 5.21. The number of H-pyrrole nitrogens is 1. The smallest absolute Gasteiger partial charge is 0.258 e. The maximum Gasteiger partial charge on any atom is 0.258 e. The molecule has 0 aliphatic carbocycles. The summed E-state index contributed by atoms with van der Waals surface area (Å²) in [7, 11) is 0. The van der Waals surface area contributed by atoms with Gasteiger partial charge in [-0.1, -0.05) is 12.1 Å². The normalized spacial score (nSPS) is 11.1. The van der Waals surface area contributed by atoms with E-state index in [0.717, 1.165) is 24.1 Å². The van der Waals surface area contributed by atoms with Crippen molar-refractivity contribution in [3.05, 3.63) is 58.7 Å². The maximum absolute atomic E-state index is 12.0. The molecule has 0 unspecified atom stereocenters. The number of aromatic nitrogens is 4. The summed E-state index contributed by atoms with van der Waals surface area (Å²) in [4.78, 5) is 23.6. The molecule has 0 fully saturated rings. The highest BCUT2D eigenvalue weighted by Crippen LogP contribution is 2.07. The number of aliphatic hydroxyl groups is 1. The summed E-state index contributed by atoms with van der Waals surface area (Å²) in [6.07, 6.45) is 5.86. The van der Waals surface area contributed by atoms with Gasteiger partial charge in [0.15, 0.2) is 0 Å². The van der Waals surface area contributed by atoms with Gasteiger partial charge in [-0.2, -0.15) is 0 Å². The number of fused-ring (bicyclic) bond motifs is 1. The minimum atomic E-state index is -0.102. The molecule has 0 spiro atoms. The van der Waals surface area contributed by atoms with Gasteiger partial charge in [0.2, 0.25) is 0 Å². The van der Waals surface area contributed by atoms with Crippen molar-refractivity contribution < 1.29 is 5.11 Å². The molecule has 2 aromatic heterocycles. The van der Waals surface area contributed by atoms with Crippen molar-refractivity contribution in [2.45, 2.75) is 25.8 Å². The average molecular weight is 298 g/mol. The molecule has 0 atom stereocenters. The molecular weight excluding hydrogens is 280 g/mol. The van der Waals surface area contributed by atoms with E-state index in [0.29, 0.717) is 24.2 Å². The summed E-state index contributed by atoms with van der Waals surface area (Å²) in [5.74, 6) is 0.675. The summed E-state index contributed by atoms with van der Waals surface area (Å²) in [6, 6.07) is 7.33. The van der Waals surface area contributed by atoms with Gasteiger partial charge >= 0.3 is 0 Å². The van der Waals surface area contributed by atoms with Crippen LogP contribution in [0.2, 0.25) is 0 Å². The van der Waals surface area contributed by atoms with E-state index in [-0.39, 0.29) is 12.2 Å². The minimum absolute atomic E-state index is 0.102. The number of rotatable bonds is 6. The summed E-state index contributed by atoms with van der Waals surface area (Å²) >= 11 is 0. The number of hydrogen-bond donors (Lipinski definition) is 2. The fourth-order valence-electron chi connectivity index (χ4n) is 2.41. The van der Waals surface area contributed by atoms with Crippen LogP contribution in [-0.4, -0.2) is 31.2 Å². The highest BCUT2D eigenvalue weighted by atomic mass is 16.2. The Morgan fingerprint density at radius 3 is 2.95 bits per heavy atom. The molecule has 0 amide bonds. The molecule has 1 aromatic carbocycles. The number of imidazole rings is 1. The SMILES string of the molecule is O=c1[nH]c(CCn2cnc(CCCO)c2)nc2ccccc12. The van der Waals surface area contributed by atoms with Crippen molar-refractivity contribution in [1.29, 1.82) is 0 Å². The third-order valence-electron chi connectivity index (χ3n) is 3.55. The number of nitrogens with zero attached hydrogens (tertiary/aromatic N) is 3. The largest absolute Gasteiger partial charge is 0.396 e. The molecule has 0 aliphatic rings. The number of nitrogens with one attached hydrogen (secondary N) is 1. The van der Waals surface area contributed by atoms with Crippen LogP contribution in [0, 0.1) is 0 Å². The maximum atomic E-state index is 12.0. The van der Waals surface area contributed by atoms with Crippen LogP contribution < -0.4 is 5.56 Å². The van der Waals surface area contributed by atoms with E-state index in [1.54, 1.807) is 12.4 Å². The molecule has 0 saturated carbocycles. The fourth-order valence-corrected chi connectivity index (χ4v) is 2.41. The van der Waals surface area contributed by atoms with Gasteiger partial charge in [-0.15, -0.1) is 0 Å². The number of aliphatic hydroxyl groups excluding tert-OH is 1. The molecule has 0 aliphatic heterocycles. The van der Waals surface area contributed by atoms with Gasteiger partial charge in [0, 0.05) is 25.8 Å². The van der Waals surface area contributed by atoms with Crippen molar-refractivity contribution >= 4 is 10.9 Å². The number of aryl methyl sites for hydroxylation is 3. The van der Waals surface area contributed by atoms with Crippen LogP contribution in [0.5, 0.6) is 0 Å². The average Bonchev–Trinajstić information content (AvgIpc) is 2.99. The lowest BCUT2D eigenvalue weighted by Gasteiger charge is -2.03. The topological polar surface area (TPSA) is 83.8 Å². The number of aromatic amines is 1. The van der Waals surface area contributed by atoms with Crippen LogP contribution in [0.4, 0.5) is 0 Å². The van der Waals surface area contributed by atoms with Crippen LogP contribution in [0.15, 0.2) is 41.6 Å². The molecule has 2 N–H and O–H groups in total. The quantitative estimate of drug-likeness (QED) is 0.718. The Hall–Kier alpha value is -2.47. The highest BCUT2D eigenvalue weighted by Gasteiger charge is 2.04. The van der Waals surface area contributed by atoms with Crippen LogP contribution in [0.3, 0.4) is 0 Å². The molecule has 6 heteroatoms. The van der Waals surface area contributed by atoms with Gasteiger partial charge in [-0.05, 0) is 25.0 Å². The van der Waals surface area contributed by atoms with E-state index < -0.39 is 0 Å². The Morgan fingerprint density at radius 2 is 2.09 bits per heavy atom. The lowest BCUT2D eigenvalue weighted by molar-refractivity contribution is 0.288. The fraction of sp³-hybridized carbons (Fsp3) is 0.312. The van der Waals surface area contributed by atoms with E-state index in [9.17, 15) is 4.79 Å². The first-order valence-corrected chi connectivity index (χ1v) is 7.36. The van der Waals surface area contributed by atoms with Crippen molar-refractivity contribution in [2.24, 2.45) is 0 Å².